The summed E-state index contributed by atoms with van der Waals surface area (Å²) in [6.07, 6.45) is 3.76. The van der Waals surface area contributed by atoms with Crippen LogP contribution in [-0.2, 0) is 4.74 Å². The Morgan fingerprint density at radius 2 is 2.06 bits per heavy atom. The van der Waals surface area contributed by atoms with Crippen molar-refractivity contribution in [1.82, 2.24) is 0 Å². The molecule has 0 radical (unpaired) electrons. The minimum absolute atomic E-state index is 0.0567. The molecule has 1 aliphatic heterocycles. The van der Waals surface area contributed by atoms with Crippen molar-refractivity contribution in [3.05, 3.63) is 29.8 Å². The first-order valence-electron chi connectivity index (χ1n) is 6.79. The lowest BCUT2D eigenvalue weighted by Gasteiger charge is -2.17. The van der Waals surface area contributed by atoms with Crippen LogP contribution in [0.15, 0.2) is 24.3 Å². The first-order valence-corrected chi connectivity index (χ1v) is 6.79. The summed E-state index contributed by atoms with van der Waals surface area (Å²) in [5, 5.41) is 0. The molecule has 1 heterocycles. The van der Waals surface area contributed by atoms with E-state index in [0.29, 0.717) is 6.10 Å². The van der Waals surface area contributed by atoms with Crippen molar-refractivity contribution in [3.8, 4) is 5.75 Å². The molecule has 0 amide bonds. The van der Waals surface area contributed by atoms with Gasteiger partial charge in [0.1, 0.15) is 5.75 Å². The topological polar surface area (TPSA) is 44.5 Å². The number of rotatable bonds is 5. The highest BCUT2D eigenvalue weighted by Gasteiger charge is 2.19. The van der Waals surface area contributed by atoms with Gasteiger partial charge in [-0.1, -0.05) is 12.1 Å². The Labute approximate surface area is 109 Å². The van der Waals surface area contributed by atoms with Gasteiger partial charge in [-0.15, -0.1) is 0 Å². The van der Waals surface area contributed by atoms with Crippen LogP contribution in [-0.4, -0.2) is 18.8 Å². The standard InChI is InChI=1S/C15H23NO2/c1-11(2)18-13-7-5-12(6-8-13)15(16)10-14-4-3-9-17-14/h5-8,11,14-15H,3-4,9-10,16H2,1-2H3. The minimum atomic E-state index is 0.0567. The highest BCUT2D eigenvalue weighted by atomic mass is 16.5. The van der Waals surface area contributed by atoms with Crippen LogP contribution in [0.1, 0.15) is 44.7 Å². The molecule has 100 valence electrons. The van der Waals surface area contributed by atoms with Gasteiger partial charge in [-0.3, -0.25) is 0 Å². The van der Waals surface area contributed by atoms with Gasteiger partial charge >= 0.3 is 0 Å². The Balaban J connectivity index is 1.91. The fraction of sp³-hybridized carbons (Fsp3) is 0.600. The molecule has 2 rings (SSSR count). The van der Waals surface area contributed by atoms with Gasteiger partial charge in [0.05, 0.1) is 12.2 Å². The highest BCUT2D eigenvalue weighted by molar-refractivity contribution is 5.29. The van der Waals surface area contributed by atoms with Crippen molar-refractivity contribution in [2.24, 2.45) is 5.73 Å². The quantitative estimate of drug-likeness (QED) is 0.872. The van der Waals surface area contributed by atoms with Gasteiger partial charge in [0.2, 0.25) is 0 Å². The van der Waals surface area contributed by atoms with Gasteiger partial charge in [-0.2, -0.15) is 0 Å². The van der Waals surface area contributed by atoms with E-state index in [1.54, 1.807) is 0 Å². The van der Waals surface area contributed by atoms with Crippen molar-refractivity contribution in [2.75, 3.05) is 6.61 Å². The summed E-state index contributed by atoms with van der Waals surface area (Å²) in [5.41, 5.74) is 7.36. The van der Waals surface area contributed by atoms with E-state index in [0.717, 1.165) is 30.8 Å². The van der Waals surface area contributed by atoms with E-state index >= 15 is 0 Å². The maximum atomic E-state index is 6.21. The second kappa shape index (κ2) is 6.21. The van der Waals surface area contributed by atoms with E-state index in [4.69, 9.17) is 15.2 Å². The molecular weight excluding hydrogens is 226 g/mol. The molecule has 1 fully saturated rings. The Morgan fingerprint density at radius 3 is 2.61 bits per heavy atom. The maximum Gasteiger partial charge on any atom is 0.119 e. The zero-order chi connectivity index (χ0) is 13.0. The lowest BCUT2D eigenvalue weighted by atomic mass is 10.0. The van der Waals surface area contributed by atoms with Crippen molar-refractivity contribution in [1.29, 1.82) is 0 Å². The van der Waals surface area contributed by atoms with E-state index in [1.807, 2.05) is 26.0 Å². The molecule has 1 aliphatic rings. The van der Waals surface area contributed by atoms with Gasteiger partial charge in [0.15, 0.2) is 0 Å². The third-order valence-corrected chi connectivity index (χ3v) is 3.22. The third-order valence-electron chi connectivity index (χ3n) is 3.22. The van der Waals surface area contributed by atoms with Crippen LogP contribution in [0.25, 0.3) is 0 Å². The summed E-state index contributed by atoms with van der Waals surface area (Å²) in [5.74, 6) is 0.901. The van der Waals surface area contributed by atoms with E-state index < -0.39 is 0 Å². The average molecular weight is 249 g/mol. The summed E-state index contributed by atoms with van der Waals surface area (Å²) in [7, 11) is 0. The predicted octanol–water partition coefficient (Wildman–Crippen LogP) is 3.04. The molecule has 1 aromatic carbocycles. The van der Waals surface area contributed by atoms with Crippen LogP contribution in [0, 0.1) is 0 Å². The molecule has 3 heteroatoms. The van der Waals surface area contributed by atoms with Crippen molar-refractivity contribution < 1.29 is 9.47 Å². The van der Waals surface area contributed by atoms with Crippen LogP contribution in [0.5, 0.6) is 5.75 Å². The van der Waals surface area contributed by atoms with Crippen LogP contribution >= 0.6 is 0 Å². The summed E-state index contributed by atoms with van der Waals surface area (Å²) in [4.78, 5) is 0. The average Bonchev–Trinajstić information content (AvgIpc) is 2.82. The molecule has 3 nitrogen and oxygen atoms in total. The molecule has 0 bridgehead atoms. The van der Waals surface area contributed by atoms with E-state index in [2.05, 4.69) is 12.1 Å². The van der Waals surface area contributed by atoms with Crippen molar-refractivity contribution >= 4 is 0 Å². The number of ether oxygens (including phenoxy) is 2. The number of hydrogen-bond donors (Lipinski definition) is 1. The minimum Gasteiger partial charge on any atom is -0.491 e. The molecule has 2 unspecified atom stereocenters. The fourth-order valence-electron chi connectivity index (χ4n) is 2.32. The summed E-state index contributed by atoms with van der Waals surface area (Å²) in [6, 6.07) is 8.14. The van der Waals surface area contributed by atoms with E-state index in [-0.39, 0.29) is 12.1 Å². The Hall–Kier alpha value is -1.06. The second-order valence-corrected chi connectivity index (χ2v) is 5.21. The van der Waals surface area contributed by atoms with Gasteiger partial charge in [0.25, 0.3) is 0 Å². The van der Waals surface area contributed by atoms with Crippen LogP contribution in [0.2, 0.25) is 0 Å². The fourth-order valence-corrected chi connectivity index (χ4v) is 2.32. The van der Waals surface area contributed by atoms with Crippen LogP contribution in [0.4, 0.5) is 0 Å². The molecular formula is C15H23NO2. The largest absolute Gasteiger partial charge is 0.491 e. The molecule has 1 saturated heterocycles. The molecule has 0 aliphatic carbocycles. The normalized spacial score (nSPS) is 21.2. The van der Waals surface area contributed by atoms with E-state index in [9.17, 15) is 0 Å². The van der Waals surface area contributed by atoms with Gasteiger partial charge in [0, 0.05) is 12.6 Å². The number of hydrogen-bond acceptors (Lipinski definition) is 3. The SMILES string of the molecule is CC(C)Oc1ccc(C(N)CC2CCCO2)cc1. The van der Waals surface area contributed by atoms with Crippen LogP contribution < -0.4 is 10.5 Å². The first-order chi connectivity index (χ1) is 8.65. The van der Waals surface area contributed by atoms with Gasteiger partial charge in [-0.05, 0) is 50.8 Å². The Bertz CT molecular complexity index is 355. The second-order valence-electron chi connectivity index (χ2n) is 5.21. The lowest BCUT2D eigenvalue weighted by molar-refractivity contribution is 0.0983. The predicted molar refractivity (Wildman–Crippen MR) is 72.7 cm³/mol. The molecule has 0 spiro atoms. The number of nitrogens with two attached hydrogens (primary N) is 1. The monoisotopic (exact) mass is 249 g/mol. The Kier molecular flexibility index (Phi) is 4.61. The van der Waals surface area contributed by atoms with E-state index in [1.165, 1.54) is 6.42 Å². The van der Waals surface area contributed by atoms with Gasteiger partial charge < -0.3 is 15.2 Å². The molecule has 0 aromatic heterocycles. The highest BCUT2D eigenvalue weighted by Crippen LogP contribution is 2.25. The maximum absolute atomic E-state index is 6.21. The molecule has 0 saturated carbocycles. The zero-order valence-electron chi connectivity index (χ0n) is 11.3. The van der Waals surface area contributed by atoms with Crippen molar-refractivity contribution in [2.45, 2.75) is 51.4 Å². The van der Waals surface area contributed by atoms with Crippen molar-refractivity contribution in [3.63, 3.8) is 0 Å². The first kappa shape index (κ1) is 13.4. The summed E-state index contributed by atoms with van der Waals surface area (Å²) < 4.78 is 11.2. The molecule has 2 N–H and O–H groups in total. The number of benzene rings is 1. The summed E-state index contributed by atoms with van der Waals surface area (Å²) >= 11 is 0. The third kappa shape index (κ3) is 3.72. The Morgan fingerprint density at radius 1 is 1.33 bits per heavy atom. The lowest BCUT2D eigenvalue weighted by Crippen LogP contribution is -2.18. The molecule has 1 aromatic rings. The molecule has 2 atom stereocenters. The molecule has 18 heavy (non-hydrogen) atoms. The van der Waals surface area contributed by atoms with Gasteiger partial charge in [-0.25, -0.2) is 0 Å². The summed E-state index contributed by atoms with van der Waals surface area (Å²) in [6.45, 7) is 4.94. The smallest absolute Gasteiger partial charge is 0.119 e. The van der Waals surface area contributed by atoms with Crippen LogP contribution in [0.3, 0.4) is 0 Å². The zero-order valence-corrected chi connectivity index (χ0v) is 11.3.